The van der Waals surface area contributed by atoms with Gasteiger partial charge in [-0.3, -0.25) is 9.59 Å². The largest absolute Gasteiger partial charge is 0.455 e. The first-order valence-electron chi connectivity index (χ1n) is 6.03. The number of rotatable bonds is 3. The van der Waals surface area contributed by atoms with Gasteiger partial charge in [0.15, 0.2) is 5.78 Å². The summed E-state index contributed by atoms with van der Waals surface area (Å²) in [5.41, 5.74) is 0.920. The van der Waals surface area contributed by atoms with Crippen molar-refractivity contribution in [1.82, 2.24) is 0 Å². The van der Waals surface area contributed by atoms with E-state index in [0.29, 0.717) is 6.61 Å². The first-order chi connectivity index (χ1) is 8.54. The van der Waals surface area contributed by atoms with Gasteiger partial charge in [0.05, 0.1) is 12.5 Å². The molecule has 2 rings (SSSR count). The van der Waals surface area contributed by atoms with E-state index >= 15 is 0 Å². The monoisotopic (exact) mass is 254 g/mol. The minimum atomic E-state index is -0.452. The molecule has 1 fully saturated rings. The number of carbonyl (C=O) groups is 2. The SMILES string of the molecule is COC[C@@H]1C=C(C)[C@@H](OC(C)=O)[C@H]2OCC(=O)[C@H]21. The standard InChI is InChI=1S/C13H18O5/c1-7-4-9(5-16-3)11-10(15)6-17-13(11)12(7)18-8(2)14/h4,9,11-13H,5-6H2,1-3H3/t9-,11+,12+,13-/m0/s1. The van der Waals surface area contributed by atoms with Gasteiger partial charge in [-0.25, -0.2) is 0 Å². The topological polar surface area (TPSA) is 61.8 Å². The smallest absolute Gasteiger partial charge is 0.303 e. The maximum atomic E-state index is 11.9. The Hall–Kier alpha value is -1.20. The maximum absolute atomic E-state index is 11.9. The summed E-state index contributed by atoms with van der Waals surface area (Å²) in [4.78, 5) is 23.0. The van der Waals surface area contributed by atoms with Gasteiger partial charge < -0.3 is 14.2 Å². The predicted molar refractivity (Wildman–Crippen MR) is 62.9 cm³/mol. The lowest BCUT2D eigenvalue weighted by atomic mass is 9.77. The van der Waals surface area contributed by atoms with Crippen molar-refractivity contribution in [1.29, 1.82) is 0 Å². The highest BCUT2D eigenvalue weighted by atomic mass is 16.6. The molecule has 0 saturated carbocycles. The van der Waals surface area contributed by atoms with E-state index in [2.05, 4.69) is 0 Å². The van der Waals surface area contributed by atoms with Crippen LogP contribution in [0.2, 0.25) is 0 Å². The molecular weight excluding hydrogens is 236 g/mol. The van der Waals surface area contributed by atoms with Crippen LogP contribution in [0.3, 0.4) is 0 Å². The van der Waals surface area contributed by atoms with Crippen LogP contribution in [-0.2, 0) is 23.8 Å². The number of fused-ring (bicyclic) bond motifs is 1. The third-order valence-corrected chi connectivity index (χ3v) is 3.48. The molecule has 0 bridgehead atoms. The van der Waals surface area contributed by atoms with E-state index in [0.717, 1.165) is 5.57 Å². The second-order valence-electron chi connectivity index (χ2n) is 4.83. The van der Waals surface area contributed by atoms with Crippen molar-refractivity contribution in [2.45, 2.75) is 26.1 Å². The number of hydrogen-bond donors (Lipinski definition) is 0. The number of Topliss-reactive ketones (excluding diaryl/α,β-unsaturated/α-hetero) is 1. The Morgan fingerprint density at radius 1 is 1.56 bits per heavy atom. The highest BCUT2D eigenvalue weighted by molar-refractivity contribution is 5.85. The summed E-state index contributed by atoms with van der Waals surface area (Å²) in [6.07, 6.45) is 1.14. The zero-order chi connectivity index (χ0) is 13.3. The van der Waals surface area contributed by atoms with Gasteiger partial charge in [0.1, 0.15) is 18.8 Å². The van der Waals surface area contributed by atoms with Crippen LogP contribution in [0.4, 0.5) is 0 Å². The highest BCUT2D eigenvalue weighted by Crippen LogP contribution is 2.37. The number of hydrogen-bond acceptors (Lipinski definition) is 5. The molecule has 0 aromatic carbocycles. The fourth-order valence-electron chi connectivity index (χ4n) is 2.80. The van der Waals surface area contributed by atoms with Crippen molar-refractivity contribution < 1.29 is 23.8 Å². The summed E-state index contributed by atoms with van der Waals surface area (Å²) in [5, 5.41) is 0. The molecule has 0 unspecified atom stereocenters. The quantitative estimate of drug-likeness (QED) is 0.548. The molecular formula is C13H18O5. The van der Waals surface area contributed by atoms with E-state index in [9.17, 15) is 9.59 Å². The molecule has 2 aliphatic rings. The lowest BCUT2D eigenvalue weighted by Crippen LogP contribution is -2.44. The molecule has 0 radical (unpaired) electrons. The molecule has 0 aromatic rings. The lowest BCUT2D eigenvalue weighted by Gasteiger charge is -2.35. The maximum Gasteiger partial charge on any atom is 0.303 e. The highest BCUT2D eigenvalue weighted by Gasteiger charge is 2.49. The van der Waals surface area contributed by atoms with Gasteiger partial charge in [0, 0.05) is 20.0 Å². The van der Waals surface area contributed by atoms with E-state index in [4.69, 9.17) is 14.2 Å². The third-order valence-electron chi connectivity index (χ3n) is 3.48. The van der Waals surface area contributed by atoms with Crippen LogP contribution in [0.15, 0.2) is 11.6 Å². The van der Waals surface area contributed by atoms with Gasteiger partial charge in [0.2, 0.25) is 0 Å². The molecule has 0 spiro atoms. The zero-order valence-corrected chi connectivity index (χ0v) is 10.8. The average molecular weight is 254 g/mol. The molecule has 0 aromatic heterocycles. The van der Waals surface area contributed by atoms with E-state index < -0.39 is 6.10 Å². The third kappa shape index (κ3) is 2.33. The van der Waals surface area contributed by atoms with E-state index in [1.54, 1.807) is 7.11 Å². The first kappa shape index (κ1) is 13.2. The summed E-state index contributed by atoms with van der Waals surface area (Å²) in [6, 6.07) is 0. The van der Waals surface area contributed by atoms with Crippen LogP contribution in [-0.4, -0.2) is 44.3 Å². The van der Waals surface area contributed by atoms with Crippen LogP contribution in [0, 0.1) is 11.8 Å². The van der Waals surface area contributed by atoms with Crippen molar-refractivity contribution in [2.75, 3.05) is 20.3 Å². The number of esters is 1. The van der Waals surface area contributed by atoms with Crippen molar-refractivity contribution in [3.8, 4) is 0 Å². The van der Waals surface area contributed by atoms with Gasteiger partial charge in [0.25, 0.3) is 0 Å². The van der Waals surface area contributed by atoms with Crippen LogP contribution in [0.5, 0.6) is 0 Å². The van der Waals surface area contributed by atoms with Crippen molar-refractivity contribution in [3.63, 3.8) is 0 Å². The Labute approximate surface area is 106 Å². The lowest BCUT2D eigenvalue weighted by molar-refractivity contribution is -0.152. The Kier molecular flexibility index (Phi) is 3.82. The summed E-state index contributed by atoms with van der Waals surface area (Å²) in [5.74, 6) is -0.567. The first-order valence-corrected chi connectivity index (χ1v) is 6.03. The van der Waals surface area contributed by atoms with E-state index in [1.807, 2.05) is 13.0 Å². The molecule has 100 valence electrons. The zero-order valence-electron chi connectivity index (χ0n) is 10.8. The second-order valence-corrected chi connectivity index (χ2v) is 4.83. The molecule has 0 amide bonds. The molecule has 1 heterocycles. The van der Waals surface area contributed by atoms with Gasteiger partial charge >= 0.3 is 5.97 Å². The minimum Gasteiger partial charge on any atom is -0.455 e. The molecule has 4 atom stereocenters. The molecule has 1 aliphatic carbocycles. The van der Waals surface area contributed by atoms with Crippen molar-refractivity contribution in [3.05, 3.63) is 11.6 Å². The Morgan fingerprint density at radius 3 is 2.89 bits per heavy atom. The van der Waals surface area contributed by atoms with Gasteiger partial charge in [-0.2, -0.15) is 0 Å². The van der Waals surface area contributed by atoms with Crippen LogP contribution >= 0.6 is 0 Å². The summed E-state index contributed by atoms with van der Waals surface area (Å²) >= 11 is 0. The van der Waals surface area contributed by atoms with E-state index in [-0.39, 0.29) is 36.3 Å². The average Bonchev–Trinajstić information content (AvgIpc) is 2.66. The minimum absolute atomic E-state index is 0.00167. The summed E-state index contributed by atoms with van der Waals surface area (Å²) in [6.45, 7) is 3.81. The van der Waals surface area contributed by atoms with Crippen LogP contribution in [0.1, 0.15) is 13.8 Å². The molecule has 5 nitrogen and oxygen atoms in total. The van der Waals surface area contributed by atoms with Gasteiger partial charge in [-0.1, -0.05) is 6.08 Å². The van der Waals surface area contributed by atoms with Crippen molar-refractivity contribution in [2.24, 2.45) is 11.8 Å². The molecule has 18 heavy (non-hydrogen) atoms. The molecule has 1 aliphatic heterocycles. The summed E-state index contributed by atoms with van der Waals surface area (Å²) in [7, 11) is 1.61. The van der Waals surface area contributed by atoms with Gasteiger partial charge in [-0.05, 0) is 12.5 Å². The number of ketones is 1. The van der Waals surface area contributed by atoms with Crippen LogP contribution in [0.25, 0.3) is 0 Å². The Balaban J connectivity index is 2.27. The van der Waals surface area contributed by atoms with E-state index in [1.165, 1.54) is 6.92 Å². The predicted octanol–water partition coefficient (Wildman–Crippen LogP) is 0.725. The van der Waals surface area contributed by atoms with Crippen molar-refractivity contribution >= 4 is 11.8 Å². The fraction of sp³-hybridized carbons (Fsp3) is 0.692. The Morgan fingerprint density at radius 2 is 2.28 bits per heavy atom. The molecule has 1 saturated heterocycles. The second kappa shape index (κ2) is 5.20. The number of carbonyl (C=O) groups excluding carboxylic acids is 2. The normalized spacial score (nSPS) is 35.1. The number of methoxy groups -OCH3 is 1. The fourth-order valence-corrected chi connectivity index (χ4v) is 2.80. The van der Waals surface area contributed by atoms with Gasteiger partial charge in [-0.15, -0.1) is 0 Å². The number of ether oxygens (including phenoxy) is 3. The van der Waals surface area contributed by atoms with Crippen LogP contribution < -0.4 is 0 Å². The summed E-state index contributed by atoms with van der Waals surface area (Å²) < 4.78 is 15.9. The molecule has 0 N–H and O–H groups in total. The Bertz CT molecular complexity index is 387. The molecule has 5 heteroatoms.